The van der Waals surface area contributed by atoms with Crippen molar-refractivity contribution in [1.82, 2.24) is 5.32 Å². The molecule has 0 fully saturated rings. The van der Waals surface area contributed by atoms with Crippen LogP contribution < -0.4 is 10.1 Å². The van der Waals surface area contributed by atoms with Crippen LogP contribution in [0.5, 0.6) is 5.75 Å². The van der Waals surface area contributed by atoms with E-state index in [1.165, 1.54) is 0 Å². The van der Waals surface area contributed by atoms with Crippen molar-refractivity contribution in [1.29, 1.82) is 0 Å². The summed E-state index contributed by atoms with van der Waals surface area (Å²) in [6, 6.07) is 7.68. The molecule has 1 rings (SSSR count). The van der Waals surface area contributed by atoms with E-state index in [0.717, 1.165) is 17.7 Å². The smallest absolute Gasteiger partial charge is 0.235 e. The summed E-state index contributed by atoms with van der Waals surface area (Å²) in [4.78, 5) is 11.3. The van der Waals surface area contributed by atoms with E-state index in [9.17, 15) is 4.79 Å². The zero-order valence-corrected chi connectivity index (χ0v) is 11.0. The van der Waals surface area contributed by atoms with E-state index in [1.807, 2.05) is 38.1 Å². The van der Waals surface area contributed by atoms with Gasteiger partial charge in [0.05, 0.1) is 12.6 Å². The van der Waals surface area contributed by atoms with E-state index in [2.05, 4.69) is 5.32 Å². The number of amides is 1. The molecular formula is C13H18ClNO2. The van der Waals surface area contributed by atoms with Crippen LogP contribution in [-0.2, 0) is 4.79 Å². The highest BCUT2D eigenvalue weighted by molar-refractivity contribution is 6.27. The van der Waals surface area contributed by atoms with Gasteiger partial charge in [-0.05, 0) is 19.4 Å². The number of rotatable bonds is 6. The standard InChI is InChI=1S/C13H18ClNO2/c1-3-11(15-13(16)9-14)10-7-5-6-8-12(10)17-4-2/h5-8,11H,3-4,9H2,1-2H3,(H,15,16)/t11-/m0/s1. The van der Waals surface area contributed by atoms with Gasteiger partial charge >= 0.3 is 0 Å². The van der Waals surface area contributed by atoms with Gasteiger partial charge in [-0.2, -0.15) is 0 Å². The topological polar surface area (TPSA) is 38.3 Å². The van der Waals surface area contributed by atoms with E-state index in [4.69, 9.17) is 16.3 Å². The van der Waals surface area contributed by atoms with Gasteiger partial charge in [0.2, 0.25) is 5.91 Å². The maximum absolute atomic E-state index is 11.3. The summed E-state index contributed by atoms with van der Waals surface area (Å²) in [7, 11) is 0. The predicted octanol–water partition coefficient (Wildman–Crippen LogP) is 2.89. The zero-order chi connectivity index (χ0) is 12.7. The molecule has 0 aliphatic rings. The number of para-hydroxylation sites is 1. The second kappa shape index (κ2) is 7.17. The minimum atomic E-state index is -0.162. The molecule has 0 unspecified atom stereocenters. The Bertz CT molecular complexity index is 368. The van der Waals surface area contributed by atoms with Crippen LogP contribution in [0.2, 0.25) is 0 Å². The molecule has 0 spiro atoms. The fourth-order valence-corrected chi connectivity index (χ4v) is 1.77. The highest BCUT2D eigenvalue weighted by Crippen LogP contribution is 2.27. The lowest BCUT2D eigenvalue weighted by molar-refractivity contribution is -0.119. The van der Waals surface area contributed by atoms with Crippen LogP contribution in [0, 0.1) is 0 Å². The molecule has 0 bridgehead atoms. The third kappa shape index (κ3) is 3.93. The lowest BCUT2D eigenvalue weighted by Gasteiger charge is -2.19. The second-order valence-corrected chi connectivity index (χ2v) is 3.90. The number of carbonyl (C=O) groups is 1. The summed E-state index contributed by atoms with van der Waals surface area (Å²) in [5.41, 5.74) is 0.996. The first kappa shape index (κ1) is 13.8. The molecule has 0 radical (unpaired) electrons. The SMILES string of the molecule is CCOc1ccccc1[C@H](CC)NC(=O)CCl. The number of ether oxygens (including phenoxy) is 1. The van der Waals surface area contributed by atoms with E-state index in [0.29, 0.717) is 6.61 Å². The lowest BCUT2D eigenvalue weighted by atomic mass is 10.0. The largest absolute Gasteiger partial charge is 0.494 e. The third-order valence-corrected chi connectivity index (χ3v) is 2.70. The average Bonchev–Trinajstić information content (AvgIpc) is 2.37. The molecule has 1 N–H and O–H groups in total. The highest BCUT2D eigenvalue weighted by atomic mass is 35.5. The van der Waals surface area contributed by atoms with Crippen molar-refractivity contribution in [3.8, 4) is 5.75 Å². The van der Waals surface area contributed by atoms with Gasteiger partial charge in [0.1, 0.15) is 11.6 Å². The normalized spacial score (nSPS) is 11.9. The van der Waals surface area contributed by atoms with Crippen molar-refractivity contribution in [2.45, 2.75) is 26.3 Å². The summed E-state index contributed by atoms with van der Waals surface area (Å²) < 4.78 is 5.55. The lowest BCUT2D eigenvalue weighted by Crippen LogP contribution is -2.29. The Morgan fingerprint density at radius 2 is 2.12 bits per heavy atom. The molecule has 1 aromatic rings. The summed E-state index contributed by atoms with van der Waals surface area (Å²) >= 11 is 5.50. The summed E-state index contributed by atoms with van der Waals surface area (Å²) in [6.45, 7) is 4.56. The van der Waals surface area contributed by atoms with Crippen LogP contribution in [0.1, 0.15) is 31.9 Å². The fraction of sp³-hybridized carbons (Fsp3) is 0.462. The van der Waals surface area contributed by atoms with Crippen molar-refractivity contribution in [2.75, 3.05) is 12.5 Å². The Morgan fingerprint density at radius 1 is 1.41 bits per heavy atom. The van der Waals surface area contributed by atoms with Crippen LogP contribution in [0.15, 0.2) is 24.3 Å². The van der Waals surface area contributed by atoms with Crippen molar-refractivity contribution in [2.24, 2.45) is 0 Å². The Morgan fingerprint density at radius 3 is 2.71 bits per heavy atom. The van der Waals surface area contributed by atoms with E-state index in [1.54, 1.807) is 0 Å². The van der Waals surface area contributed by atoms with E-state index >= 15 is 0 Å². The summed E-state index contributed by atoms with van der Waals surface area (Å²) in [6.07, 6.45) is 0.798. The Labute approximate surface area is 107 Å². The number of hydrogen-bond acceptors (Lipinski definition) is 2. The number of hydrogen-bond donors (Lipinski definition) is 1. The first-order chi connectivity index (χ1) is 8.22. The number of nitrogens with one attached hydrogen (secondary N) is 1. The first-order valence-electron chi connectivity index (χ1n) is 5.79. The molecule has 0 saturated carbocycles. The quantitative estimate of drug-likeness (QED) is 0.794. The highest BCUT2D eigenvalue weighted by Gasteiger charge is 2.15. The second-order valence-electron chi connectivity index (χ2n) is 3.63. The molecule has 1 atom stereocenters. The number of alkyl halides is 1. The zero-order valence-electron chi connectivity index (χ0n) is 10.2. The minimum Gasteiger partial charge on any atom is -0.494 e. The molecule has 0 heterocycles. The Balaban J connectivity index is 2.90. The van der Waals surface area contributed by atoms with Crippen molar-refractivity contribution in [3.63, 3.8) is 0 Å². The molecule has 3 nitrogen and oxygen atoms in total. The van der Waals surface area contributed by atoms with Gasteiger partial charge in [-0.1, -0.05) is 25.1 Å². The van der Waals surface area contributed by atoms with Gasteiger partial charge in [-0.15, -0.1) is 11.6 Å². The van der Waals surface area contributed by atoms with Crippen molar-refractivity contribution in [3.05, 3.63) is 29.8 Å². The maximum Gasteiger partial charge on any atom is 0.235 e. The van der Waals surface area contributed by atoms with Gasteiger partial charge < -0.3 is 10.1 Å². The van der Waals surface area contributed by atoms with Gasteiger partial charge in [0, 0.05) is 5.56 Å². The monoisotopic (exact) mass is 255 g/mol. The van der Waals surface area contributed by atoms with Crippen molar-refractivity contribution < 1.29 is 9.53 Å². The van der Waals surface area contributed by atoms with E-state index < -0.39 is 0 Å². The number of halogens is 1. The van der Waals surface area contributed by atoms with Gasteiger partial charge in [-0.25, -0.2) is 0 Å². The molecule has 0 saturated heterocycles. The molecule has 4 heteroatoms. The Kier molecular flexibility index (Phi) is 5.84. The maximum atomic E-state index is 11.3. The van der Waals surface area contributed by atoms with Crippen LogP contribution in [0.25, 0.3) is 0 Å². The molecule has 0 aromatic heterocycles. The van der Waals surface area contributed by atoms with Gasteiger partial charge in [-0.3, -0.25) is 4.79 Å². The van der Waals surface area contributed by atoms with Crippen LogP contribution in [-0.4, -0.2) is 18.4 Å². The first-order valence-corrected chi connectivity index (χ1v) is 6.33. The third-order valence-electron chi connectivity index (χ3n) is 2.46. The molecular weight excluding hydrogens is 238 g/mol. The van der Waals surface area contributed by atoms with Crippen LogP contribution in [0.3, 0.4) is 0 Å². The number of benzene rings is 1. The fourth-order valence-electron chi connectivity index (χ4n) is 1.69. The van der Waals surface area contributed by atoms with Crippen LogP contribution in [0.4, 0.5) is 0 Å². The molecule has 0 aliphatic carbocycles. The molecule has 17 heavy (non-hydrogen) atoms. The average molecular weight is 256 g/mol. The Hall–Kier alpha value is -1.22. The predicted molar refractivity (Wildman–Crippen MR) is 69.5 cm³/mol. The molecule has 0 aliphatic heterocycles. The molecule has 1 amide bonds. The van der Waals surface area contributed by atoms with Gasteiger partial charge in [0.15, 0.2) is 0 Å². The summed E-state index contributed by atoms with van der Waals surface area (Å²) in [5.74, 6) is 0.634. The van der Waals surface area contributed by atoms with E-state index in [-0.39, 0.29) is 17.8 Å². The van der Waals surface area contributed by atoms with Gasteiger partial charge in [0.25, 0.3) is 0 Å². The minimum absolute atomic E-state index is 0.0205. The summed E-state index contributed by atoms with van der Waals surface area (Å²) in [5, 5.41) is 2.88. The molecule has 1 aromatic carbocycles. The molecule has 94 valence electrons. The van der Waals surface area contributed by atoms with Crippen LogP contribution >= 0.6 is 11.6 Å². The number of carbonyl (C=O) groups excluding carboxylic acids is 1. The van der Waals surface area contributed by atoms with Crippen molar-refractivity contribution >= 4 is 17.5 Å².